The first-order valence-electron chi connectivity index (χ1n) is 13.2. The first-order chi connectivity index (χ1) is 18.9. The van der Waals surface area contributed by atoms with Crippen LogP contribution in [0, 0.1) is 23.7 Å². The lowest BCUT2D eigenvalue weighted by Gasteiger charge is -2.52. The largest absolute Gasteiger partial charge is 0.507 e. The Hall–Kier alpha value is -3.89. The minimum Gasteiger partial charge on any atom is -0.507 e. The molecule has 0 aromatic heterocycles. The van der Waals surface area contributed by atoms with Gasteiger partial charge in [-0.2, -0.15) is 0 Å². The lowest BCUT2D eigenvalue weighted by molar-refractivity contribution is -0.181. The van der Waals surface area contributed by atoms with Gasteiger partial charge in [0.1, 0.15) is 11.5 Å². The molecule has 0 radical (unpaired) electrons. The van der Waals surface area contributed by atoms with Gasteiger partial charge in [-0.3, -0.25) is 28.9 Å². The summed E-state index contributed by atoms with van der Waals surface area (Å²) in [6.07, 6.45) is 1.46. The smallest absolute Gasteiger partial charge is 0.235 e. The molecule has 0 heterocycles. The summed E-state index contributed by atoms with van der Waals surface area (Å²) >= 11 is 0. The Morgan fingerprint density at radius 1 is 1.10 bits per heavy atom. The number of amides is 1. The molecule has 10 heteroatoms. The van der Waals surface area contributed by atoms with Gasteiger partial charge in [0.05, 0.1) is 24.6 Å². The highest BCUT2D eigenvalue weighted by Crippen LogP contribution is 2.51. The van der Waals surface area contributed by atoms with Crippen LogP contribution in [0.2, 0.25) is 0 Å². The summed E-state index contributed by atoms with van der Waals surface area (Å²) < 4.78 is 5.30. The van der Waals surface area contributed by atoms with E-state index in [4.69, 9.17) is 10.5 Å². The Labute approximate surface area is 231 Å². The van der Waals surface area contributed by atoms with Gasteiger partial charge in [-0.05, 0) is 80.6 Å². The van der Waals surface area contributed by atoms with Crippen LogP contribution in [-0.2, 0) is 38.4 Å². The fourth-order valence-corrected chi connectivity index (χ4v) is 7.01. The predicted molar refractivity (Wildman–Crippen MR) is 142 cm³/mol. The van der Waals surface area contributed by atoms with Crippen molar-refractivity contribution in [2.24, 2.45) is 29.4 Å². The van der Waals surface area contributed by atoms with Crippen LogP contribution in [0.5, 0.6) is 11.5 Å². The zero-order valence-electron chi connectivity index (χ0n) is 22.5. The van der Waals surface area contributed by atoms with E-state index in [0.717, 1.165) is 16.9 Å². The molecule has 4 unspecified atom stereocenters. The van der Waals surface area contributed by atoms with E-state index in [2.05, 4.69) is 0 Å². The standard InChI is InChI=1S/C30H32N2O8/c1-32(2)24-19-13-16-12-18-15(8-7-14-5-4-6-17(11-14)40-3)9-10-20(33)22(18)25(34)21(16)27(36)30(19,39)28(37)23(26(24)35)29(31)38/h4-6,9-11,16,19,21,23-24,33,39H,7-8,12-13H2,1-3H3,(H2,31,38)/t16?,19?,21?,23?,24-,30-/m0/s1. The van der Waals surface area contributed by atoms with Crippen LogP contribution in [0.4, 0.5) is 0 Å². The highest BCUT2D eigenvalue weighted by Gasteiger charge is 2.69. The first-order valence-corrected chi connectivity index (χ1v) is 13.2. The number of phenols is 1. The van der Waals surface area contributed by atoms with Crippen LogP contribution in [0.25, 0.3) is 0 Å². The van der Waals surface area contributed by atoms with Crippen LogP contribution in [0.15, 0.2) is 36.4 Å². The van der Waals surface area contributed by atoms with Crippen LogP contribution < -0.4 is 10.5 Å². The van der Waals surface area contributed by atoms with Gasteiger partial charge in [0, 0.05) is 5.92 Å². The molecule has 2 saturated carbocycles. The van der Waals surface area contributed by atoms with E-state index in [1.807, 2.05) is 24.3 Å². The molecule has 6 atom stereocenters. The normalized spacial score (nSPS) is 29.6. The van der Waals surface area contributed by atoms with Crippen molar-refractivity contribution in [1.29, 1.82) is 0 Å². The molecular weight excluding hydrogens is 516 g/mol. The Morgan fingerprint density at radius 3 is 2.48 bits per heavy atom. The second-order valence-electron chi connectivity index (χ2n) is 11.2. The molecule has 4 N–H and O–H groups in total. The number of ether oxygens (including phenoxy) is 1. The van der Waals surface area contributed by atoms with Crippen molar-refractivity contribution in [2.45, 2.75) is 37.3 Å². The molecule has 0 aliphatic heterocycles. The Kier molecular flexibility index (Phi) is 6.87. The van der Waals surface area contributed by atoms with Crippen molar-refractivity contribution in [2.75, 3.05) is 21.2 Å². The number of Topliss-reactive ketones (excluding diaryl/α,β-unsaturated/α-hetero) is 4. The van der Waals surface area contributed by atoms with Crippen LogP contribution in [0.3, 0.4) is 0 Å². The Morgan fingerprint density at radius 2 is 1.82 bits per heavy atom. The average molecular weight is 549 g/mol. The number of nitrogens with zero attached hydrogens (tertiary/aromatic N) is 1. The molecule has 2 fully saturated rings. The summed E-state index contributed by atoms with van der Waals surface area (Å²) in [5.41, 5.74) is 5.12. The zero-order valence-corrected chi connectivity index (χ0v) is 22.5. The molecule has 5 rings (SSSR count). The van der Waals surface area contributed by atoms with E-state index in [9.17, 15) is 34.2 Å². The number of carbonyl (C=O) groups is 5. The molecule has 0 bridgehead atoms. The van der Waals surface area contributed by atoms with E-state index in [-0.39, 0.29) is 24.2 Å². The van der Waals surface area contributed by atoms with Crippen LogP contribution in [-0.4, -0.2) is 77.0 Å². The topological polar surface area (TPSA) is 164 Å². The van der Waals surface area contributed by atoms with Crippen molar-refractivity contribution in [3.05, 3.63) is 58.7 Å². The molecule has 10 nitrogen and oxygen atoms in total. The molecule has 0 spiro atoms. The van der Waals surface area contributed by atoms with Crippen molar-refractivity contribution in [1.82, 2.24) is 4.90 Å². The van der Waals surface area contributed by atoms with Crippen molar-refractivity contribution < 1.29 is 38.9 Å². The van der Waals surface area contributed by atoms with E-state index in [1.54, 1.807) is 27.3 Å². The van der Waals surface area contributed by atoms with E-state index in [0.29, 0.717) is 18.4 Å². The van der Waals surface area contributed by atoms with E-state index in [1.165, 1.54) is 11.0 Å². The van der Waals surface area contributed by atoms with Crippen molar-refractivity contribution in [3.63, 3.8) is 0 Å². The lowest BCUT2D eigenvalue weighted by atomic mass is 9.52. The molecule has 3 aliphatic carbocycles. The number of phenolic OH excluding ortho intramolecular Hbond substituents is 1. The molecule has 2 aromatic rings. The lowest BCUT2D eigenvalue weighted by Crippen LogP contribution is -2.74. The van der Waals surface area contributed by atoms with E-state index < -0.39 is 64.4 Å². The van der Waals surface area contributed by atoms with Crippen LogP contribution in [0.1, 0.15) is 33.5 Å². The molecule has 40 heavy (non-hydrogen) atoms. The number of ketones is 4. The number of aryl methyl sites for hydroxylation is 2. The quantitative estimate of drug-likeness (QED) is 0.440. The number of aliphatic hydroxyl groups is 1. The van der Waals surface area contributed by atoms with Gasteiger partial charge in [-0.15, -0.1) is 0 Å². The summed E-state index contributed by atoms with van der Waals surface area (Å²) in [6, 6.07) is 9.68. The third-order valence-corrected chi connectivity index (χ3v) is 8.86. The summed E-state index contributed by atoms with van der Waals surface area (Å²) in [5, 5.41) is 22.4. The number of rotatable bonds is 6. The Balaban J connectivity index is 1.54. The molecule has 1 amide bonds. The fourth-order valence-electron chi connectivity index (χ4n) is 7.01. The van der Waals surface area contributed by atoms with E-state index >= 15 is 0 Å². The highest BCUT2D eigenvalue weighted by atomic mass is 16.5. The van der Waals surface area contributed by atoms with Gasteiger partial charge in [-0.1, -0.05) is 18.2 Å². The van der Waals surface area contributed by atoms with Gasteiger partial charge < -0.3 is 20.7 Å². The number of primary amides is 1. The summed E-state index contributed by atoms with van der Waals surface area (Å²) in [4.78, 5) is 67.8. The maximum Gasteiger partial charge on any atom is 0.235 e. The second kappa shape index (κ2) is 9.94. The number of benzene rings is 2. The predicted octanol–water partition coefficient (Wildman–Crippen LogP) is 0.661. The number of fused-ring (bicyclic) bond motifs is 3. The minimum atomic E-state index is -2.73. The molecule has 2 aromatic carbocycles. The number of carbonyl (C=O) groups excluding carboxylic acids is 5. The SMILES string of the molecule is COc1cccc(CCc2ccc(O)c3c2CC2CC4[C@H](N(C)C)C(=O)C(C(N)=O)C(=O)[C@@]4(O)C(=O)C2C3=O)c1. The molecule has 210 valence electrons. The Bertz CT molecular complexity index is 1450. The number of nitrogens with two attached hydrogens (primary N) is 1. The number of methoxy groups -OCH3 is 1. The average Bonchev–Trinajstić information content (AvgIpc) is 2.90. The minimum absolute atomic E-state index is 0.00902. The molecular formula is C30H32N2O8. The fraction of sp³-hybridized carbons (Fsp3) is 0.433. The summed E-state index contributed by atoms with van der Waals surface area (Å²) in [7, 11) is 4.71. The maximum atomic E-state index is 13.9. The van der Waals surface area contributed by atoms with Gasteiger partial charge in [0.25, 0.3) is 0 Å². The van der Waals surface area contributed by atoms with Gasteiger partial charge in [0.2, 0.25) is 5.91 Å². The maximum absolute atomic E-state index is 13.9. The van der Waals surface area contributed by atoms with Gasteiger partial charge in [0.15, 0.2) is 34.7 Å². The monoisotopic (exact) mass is 548 g/mol. The van der Waals surface area contributed by atoms with Gasteiger partial charge >= 0.3 is 0 Å². The third kappa shape index (κ3) is 4.05. The van der Waals surface area contributed by atoms with Crippen LogP contribution >= 0.6 is 0 Å². The number of likely N-dealkylation sites (N-methyl/N-ethyl adjacent to an activating group) is 1. The first kappa shape index (κ1) is 27.7. The summed E-state index contributed by atoms with van der Waals surface area (Å²) in [6.45, 7) is 0. The molecule has 3 aliphatic rings. The molecule has 0 saturated heterocycles. The van der Waals surface area contributed by atoms with Crippen molar-refractivity contribution >= 4 is 29.0 Å². The summed E-state index contributed by atoms with van der Waals surface area (Å²) in [5.74, 6) is -9.71. The third-order valence-electron chi connectivity index (χ3n) is 8.86. The van der Waals surface area contributed by atoms with Gasteiger partial charge in [-0.25, -0.2) is 0 Å². The zero-order chi connectivity index (χ0) is 29.1. The number of hydrogen-bond donors (Lipinski definition) is 3. The van der Waals surface area contributed by atoms with Crippen molar-refractivity contribution in [3.8, 4) is 11.5 Å². The highest BCUT2D eigenvalue weighted by molar-refractivity contribution is 6.32. The number of hydrogen-bond acceptors (Lipinski definition) is 9. The second-order valence-corrected chi connectivity index (χ2v) is 11.2. The number of aromatic hydroxyl groups is 1.